The van der Waals surface area contributed by atoms with Gasteiger partial charge in [-0.3, -0.25) is 4.79 Å². The Bertz CT molecular complexity index is 843. The van der Waals surface area contributed by atoms with Gasteiger partial charge in [-0.15, -0.1) is 0 Å². The number of benzene rings is 2. The Morgan fingerprint density at radius 3 is 2.11 bits per heavy atom. The number of amides is 1. The molecule has 1 N–H and O–H groups in total. The molecule has 6 nitrogen and oxygen atoms in total. The van der Waals surface area contributed by atoms with Gasteiger partial charge in [-0.25, -0.2) is 0 Å². The third-order valence-electron chi connectivity index (χ3n) is 5.48. The molecule has 0 bridgehead atoms. The molecule has 1 aliphatic rings. The minimum absolute atomic E-state index is 0.0410. The molecule has 1 aliphatic carbocycles. The van der Waals surface area contributed by atoms with Crippen LogP contribution in [-0.2, 0) is 10.2 Å². The van der Waals surface area contributed by atoms with Crippen LogP contribution in [0.3, 0.4) is 0 Å². The number of ether oxygens (including phenoxy) is 4. The average molecular weight is 385 g/mol. The Balaban J connectivity index is 1.95. The number of anilines is 1. The van der Waals surface area contributed by atoms with Gasteiger partial charge in [-0.05, 0) is 42.7 Å². The van der Waals surface area contributed by atoms with Crippen LogP contribution in [0.15, 0.2) is 36.4 Å². The van der Waals surface area contributed by atoms with Crippen LogP contribution in [0, 0.1) is 0 Å². The normalized spacial score (nSPS) is 15.0. The van der Waals surface area contributed by atoms with E-state index in [2.05, 4.69) is 5.32 Å². The van der Waals surface area contributed by atoms with E-state index >= 15 is 0 Å². The van der Waals surface area contributed by atoms with E-state index in [-0.39, 0.29) is 5.91 Å². The Morgan fingerprint density at radius 2 is 1.50 bits per heavy atom. The number of hydrogen-bond acceptors (Lipinski definition) is 5. The molecule has 0 aromatic heterocycles. The highest BCUT2D eigenvalue weighted by Crippen LogP contribution is 2.45. The maximum atomic E-state index is 13.4. The van der Waals surface area contributed by atoms with Crippen molar-refractivity contribution in [1.82, 2.24) is 0 Å². The highest BCUT2D eigenvalue weighted by atomic mass is 16.5. The fourth-order valence-electron chi connectivity index (χ4n) is 3.90. The number of nitrogens with one attached hydrogen (secondary N) is 1. The van der Waals surface area contributed by atoms with Crippen LogP contribution in [0.1, 0.15) is 31.2 Å². The first-order valence-electron chi connectivity index (χ1n) is 9.34. The first-order chi connectivity index (χ1) is 13.6. The van der Waals surface area contributed by atoms with E-state index in [1.54, 1.807) is 46.6 Å². The van der Waals surface area contributed by atoms with E-state index in [1.807, 2.05) is 18.2 Å². The lowest BCUT2D eigenvalue weighted by molar-refractivity contribution is -0.121. The molecule has 150 valence electrons. The molecule has 6 heteroatoms. The van der Waals surface area contributed by atoms with Crippen molar-refractivity contribution in [3.63, 3.8) is 0 Å². The molecule has 0 saturated heterocycles. The Labute approximate surface area is 165 Å². The standard InChI is InChI=1S/C22H27NO5/c1-25-16-8-9-17(19(14-16)27-3)23-21(24)22(11-5-6-12-22)15-7-10-18(26-2)20(13-15)28-4/h7-10,13-14H,5-6,11-12H2,1-4H3,(H,23,24). The van der Waals surface area contributed by atoms with Gasteiger partial charge in [-0.1, -0.05) is 18.9 Å². The van der Waals surface area contributed by atoms with Gasteiger partial charge in [-0.2, -0.15) is 0 Å². The second kappa shape index (κ2) is 8.42. The van der Waals surface area contributed by atoms with Crippen LogP contribution >= 0.6 is 0 Å². The summed E-state index contributed by atoms with van der Waals surface area (Å²) in [5, 5.41) is 3.07. The fourth-order valence-corrected chi connectivity index (χ4v) is 3.90. The number of carbonyl (C=O) groups is 1. The van der Waals surface area contributed by atoms with Gasteiger partial charge in [0.1, 0.15) is 11.5 Å². The number of rotatable bonds is 7. The van der Waals surface area contributed by atoms with Gasteiger partial charge in [0, 0.05) is 6.07 Å². The van der Waals surface area contributed by atoms with Gasteiger partial charge in [0.15, 0.2) is 11.5 Å². The van der Waals surface area contributed by atoms with Crippen LogP contribution in [0.5, 0.6) is 23.0 Å². The maximum absolute atomic E-state index is 13.4. The third kappa shape index (κ3) is 3.59. The lowest BCUT2D eigenvalue weighted by Gasteiger charge is -2.29. The quantitative estimate of drug-likeness (QED) is 0.775. The molecular formula is C22H27NO5. The SMILES string of the molecule is COc1ccc(NC(=O)C2(c3ccc(OC)c(OC)c3)CCCC2)c(OC)c1. The number of hydrogen-bond donors (Lipinski definition) is 1. The van der Waals surface area contributed by atoms with Crippen molar-refractivity contribution < 1.29 is 23.7 Å². The summed E-state index contributed by atoms with van der Waals surface area (Å²) in [6.45, 7) is 0. The van der Waals surface area contributed by atoms with Crippen LogP contribution in [-0.4, -0.2) is 34.3 Å². The lowest BCUT2D eigenvalue weighted by Crippen LogP contribution is -2.38. The molecule has 2 aromatic carbocycles. The molecule has 0 atom stereocenters. The topological polar surface area (TPSA) is 66.0 Å². The van der Waals surface area contributed by atoms with E-state index in [9.17, 15) is 4.79 Å². The van der Waals surface area contributed by atoms with Crippen LogP contribution in [0.4, 0.5) is 5.69 Å². The summed E-state index contributed by atoms with van der Waals surface area (Å²) in [6.07, 6.45) is 3.57. The summed E-state index contributed by atoms with van der Waals surface area (Å²) in [4.78, 5) is 13.4. The first kappa shape index (κ1) is 19.9. The number of methoxy groups -OCH3 is 4. The molecule has 2 aromatic rings. The molecule has 0 unspecified atom stereocenters. The van der Waals surface area contributed by atoms with Crippen LogP contribution in [0.2, 0.25) is 0 Å². The molecular weight excluding hydrogens is 358 g/mol. The molecule has 0 aliphatic heterocycles. The molecule has 28 heavy (non-hydrogen) atoms. The minimum Gasteiger partial charge on any atom is -0.497 e. The predicted molar refractivity (Wildman–Crippen MR) is 108 cm³/mol. The smallest absolute Gasteiger partial charge is 0.235 e. The summed E-state index contributed by atoms with van der Waals surface area (Å²) in [6, 6.07) is 11.1. The van der Waals surface area contributed by atoms with E-state index in [0.717, 1.165) is 31.2 Å². The lowest BCUT2D eigenvalue weighted by atomic mass is 9.77. The monoisotopic (exact) mass is 385 g/mol. The van der Waals surface area contributed by atoms with E-state index in [4.69, 9.17) is 18.9 Å². The van der Waals surface area contributed by atoms with E-state index < -0.39 is 5.41 Å². The Kier molecular flexibility index (Phi) is 5.97. The number of carbonyl (C=O) groups excluding carboxylic acids is 1. The molecule has 1 saturated carbocycles. The van der Waals surface area contributed by atoms with Crippen LogP contribution < -0.4 is 24.3 Å². The zero-order valence-corrected chi connectivity index (χ0v) is 16.8. The van der Waals surface area contributed by atoms with Crippen LogP contribution in [0.25, 0.3) is 0 Å². The average Bonchev–Trinajstić information content (AvgIpc) is 3.24. The third-order valence-corrected chi connectivity index (χ3v) is 5.48. The van der Waals surface area contributed by atoms with Gasteiger partial charge >= 0.3 is 0 Å². The van der Waals surface area contributed by atoms with Gasteiger partial charge in [0.25, 0.3) is 0 Å². The summed E-state index contributed by atoms with van der Waals surface area (Å²) >= 11 is 0. The molecule has 1 fully saturated rings. The van der Waals surface area contributed by atoms with Crippen molar-refractivity contribution in [2.24, 2.45) is 0 Å². The Morgan fingerprint density at radius 1 is 0.821 bits per heavy atom. The van der Waals surface area contributed by atoms with Gasteiger partial charge in [0.05, 0.1) is 39.5 Å². The molecule has 0 heterocycles. The van der Waals surface area contributed by atoms with Crippen molar-refractivity contribution in [1.29, 1.82) is 0 Å². The molecule has 1 amide bonds. The van der Waals surface area contributed by atoms with Crippen molar-refractivity contribution in [3.8, 4) is 23.0 Å². The molecule has 0 spiro atoms. The second-order valence-electron chi connectivity index (χ2n) is 6.88. The Hall–Kier alpha value is -2.89. The van der Waals surface area contributed by atoms with E-state index in [0.29, 0.717) is 28.7 Å². The summed E-state index contributed by atoms with van der Waals surface area (Å²) in [5.74, 6) is 2.47. The molecule has 3 rings (SSSR count). The molecule has 0 radical (unpaired) electrons. The largest absolute Gasteiger partial charge is 0.497 e. The van der Waals surface area contributed by atoms with Crippen molar-refractivity contribution >= 4 is 11.6 Å². The zero-order valence-electron chi connectivity index (χ0n) is 16.8. The first-order valence-corrected chi connectivity index (χ1v) is 9.34. The van der Waals surface area contributed by atoms with Crippen molar-refractivity contribution in [2.45, 2.75) is 31.1 Å². The highest BCUT2D eigenvalue weighted by Gasteiger charge is 2.43. The predicted octanol–water partition coefficient (Wildman–Crippen LogP) is 4.17. The maximum Gasteiger partial charge on any atom is 0.235 e. The van der Waals surface area contributed by atoms with Crippen molar-refractivity contribution in [3.05, 3.63) is 42.0 Å². The van der Waals surface area contributed by atoms with Gasteiger partial charge in [0.2, 0.25) is 5.91 Å². The van der Waals surface area contributed by atoms with Crippen molar-refractivity contribution in [2.75, 3.05) is 33.8 Å². The second-order valence-corrected chi connectivity index (χ2v) is 6.88. The highest BCUT2D eigenvalue weighted by molar-refractivity contribution is 6.00. The summed E-state index contributed by atoms with van der Waals surface area (Å²) < 4.78 is 21.5. The van der Waals surface area contributed by atoms with E-state index in [1.165, 1.54) is 0 Å². The summed E-state index contributed by atoms with van der Waals surface area (Å²) in [5.41, 5.74) is 0.956. The van der Waals surface area contributed by atoms with Gasteiger partial charge < -0.3 is 24.3 Å². The zero-order chi connectivity index (χ0) is 20.1. The summed E-state index contributed by atoms with van der Waals surface area (Å²) in [7, 11) is 6.37. The minimum atomic E-state index is -0.607. The fraction of sp³-hybridized carbons (Fsp3) is 0.409.